The molecule has 7 aromatic carbocycles. The van der Waals surface area contributed by atoms with Crippen LogP contribution in [0.2, 0.25) is 0 Å². The number of benzene rings is 7. The van der Waals surface area contributed by atoms with E-state index in [9.17, 15) is 14.4 Å². The van der Waals surface area contributed by atoms with Crippen molar-refractivity contribution in [3.8, 4) is 40.1 Å². The van der Waals surface area contributed by atoms with Crippen LogP contribution in [0.1, 0.15) is 16.7 Å². The molecule has 1 amide bonds. The highest BCUT2D eigenvalue weighted by molar-refractivity contribution is 5.96. The van der Waals surface area contributed by atoms with Gasteiger partial charge < -0.3 is 15.4 Å². The summed E-state index contributed by atoms with van der Waals surface area (Å²) >= 11 is 0. The van der Waals surface area contributed by atoms with E-state index in [2.05, 4.69) is 38.1 Å². The maximum atomic E-state index is 13.9. The first kappa shape index (κ1) is 41.4. The quantitative estimate of drug-likeness (QED) is 0.0908. The van der Waals surface area contributed by atoms with Gasteiger partial charge in [-0.3, -0.25) is 10.1 Å². The van der Waals surface area contributed by atoms with Crippen LogP contribution in [0.3, 0.4) is 0 Å². The first-order valence-electron chi connectivity index (χ1n) is 20.8. The summed E-state index contributed by atoms with van der Waals surface area (Å²) in [5.41, 5.74) is 10.1. The number of nitrogens with one attached hydrogen (secondary N) is 3. The van der Waals surface area contributed by atoms with Gasteiger partial charge in [0, 0.05) is 16.8 Å². The maximum Gasteiger partial charge on any atom is 0.259 e. The van der Waals surface area contributed by atoms with E-state index in [1.165, 1.54) is 18.5 Å². The lowest BCUT2D eigenvalue weighted by atomic mass is 10.0. The molecule has 0 saturated carbocycles. The lowest BCUT2D eigenvalue weighted by molar-refractivity contribution is -0.671. The Balaban J connectivity index is 0.965. The van der Waals surface area contributed by atoms with E-state index in [0.717, 1.165) is 72.1 Å². The van der Waals surface area contributed by atoms with Crippen molar-refractivity contribution in [2.45, 2.75) is 26.0 Å². The number of carbonyl (C=O) groups excluding carboxylic acids is 1. The maximum absolute atomic E-state index is 13.9. The summed E-state index contributed by atoms with van der Waals surface area (Å²) < 4.78 is 21.1. The van der Waals surface area contributed by atoms with Crippen LogP contribution in [0.15, 0.2) is 170 Å². The topological polar surface area (TPSA) is 153 Å². The number of halogens is 1. The number of anilines is 5. The summed E-state index contributed by atoms with van der Waals surface area (Å²) in [5, 5.41) is 29.9. The van der Waals surface area contributed by atoms with E-state index in [0.29, 0.717) is 42.5 Å². The summed E-state index contributed by atoms with van der Waals surface area (Å²) in [6.07, 6.45) is 3.82. The highest BCUT2D eigenvalue weighted by atomic mass is 19.1. The predicted molar refractivity (Wildman–Crippen MR) is 250 cm³/mol. The molecule has 11 nitrogen and oxygen atoms in total. The standard InChI is InChI=1S/C53H38FN9O2/c54-42-14-4-37(5-15-42)32-65-46-20-10-38(11-21-46)40-12-23-50-48(30-40)53(62-44-18-8-36(9-19-44)25-27-56)63(34-59-50)31-51(64)60-45-3-1-2-39(28-45)41-13-22-49-47(29-41)52(58-33-57-49)61-43-16-6-35(7-17-43)24-26-55/h1-23,28-30,33-34H,24-25,31-32H2,(H2,57,58,60,61,64)/p+1. The van der Waals surface area contributed by atoms with Crippen LogP contribution in [-0.4, -0.2) is 20.9 Å². The molecule has 0 saturated heterocycles. The largest absolute Gasteiger partial charge is 0.489 e. The van der Waals surface area contributed by atoms with Gasteiger partial charge in [-0.1, -0.05) is 72.8 Å². The third-order valence-corrected chi connectivity index (χ3v) is 10.8. The molecule has 2 heterocycles. The second-order valence-electron chi connectivity index (χ2n) is 15.3. The average Bonchev–Trinajstić information content (AvgIpc) is 3.33. The Morgan fingerprint density at radius 2 is 1.20 bits per heavy atom. The van der Waals surface area contributed by atoms with E-state index >= 15 is 0 Å². The van der Waals surface area contributed by atoms with E-state index < -0.39 is 0 Å². The van der Waals surface area contributed by atoms with Gasteiger partial charge in [-0.15, -0.1) is 4.98 Å². The zero-order valence-electron chi connectivity index (χ0n) is 34.9. The number of rotatable bonds is 14. The van der Waals surface area contributed by atoms with E-state index in [1.807, 2.05) is 133 Å². The molecule has 0 bridgehead atoms. The van der Waals surface area contributed by atoms with Crippen molar-refractivity contribution in [1.29, 1.82) is 10.5 Å². The molecule has 3 N–H and O–H groups in total. The summed E-state index contributed by atoms with van der Waals surface area (Å²) in [6, 6.07) is 53.3. The molecule has 0 aliphatic heterocycles. The Hall–Kier alpha value is -9.00. The SMILES string of the molecule is N#CCc1ccc(Nc2ncnc3ccc(-c4cccc(NC(=O)C[n+]5cnc6ccc(-c7ccc(OCc8ccc(F)cc8)cc7)cc6c5Nc5ccc(CC#N)cc5)c4)cc23)cc1. The van der Waals surface area contributed by atoms with E-state index in [4.69, 9.17) is 15.0 Å². The molecule has 2 aromatic heterocycles. The summed E-state index contributed by atoms with van der Waals surface area (Å²) in [7, 11) is 0. The Morgan fingerprint density at radius 1 is 0.600 bits per heavy atom. The van der Waals surface area contributed by atoms with Gasteiger partial charge in [0.25, 0.3) is 5.91 Å². The smallest absolute Gasteiger partial charge is 0.259 e. The molecule has 9 aromatic rings. The molecule has 9 rings (SSSR count). The van der Waals surface area contributed by atoms with Crippen LogP contribution >= 0.6 is 0 Å². The molecule has 0 unspecified atom stereocenters. The van der Waals surface area contributed by atoms with Crippen LogP contribution in [0, 0.1) is 28.5 Å². The molecule has 65 heavy (non-hydrogen) atoms. The average molecular weight is 853 g/mol. The van der Waals surface area contributed by atoms with Gasteiger partial charge in [-0.25, -0.2) is 18.9 Å². The second-order valence-corrected chi connectivity index (χ2v) is 15.3. The number of hydrogen-bond donors (Lipinski definition) is 3. The van der Waals surface area contributed by atoms with Crippen LogP contribution in [0.5, 0.6) is 5.75 Å². The van der Waals surface area contributed by atoms with Gasteiger partial charge in [0.05, 0.1) is 41.6 Å². The minimum atomic E-state index is -0.289. The number of nitrogens with zero attached hydrogens (tertiary/aromatic N) is 6. The van der Waals surface area contributed by atoms with Gasteiger partial charge in [0.15, 0.2) is 12.1 Å². The first-order chi connectivity index (χ1) is 31.9. The van der Waals surface area contributed by atoms with Crippen molar-refractivity contribution in [3.05, 3.63) is 193 Å². The number of hydrogen-bond acceptors (Lipinski definition) is 9. The fourth-order valence-corrected chi connectivity index (χ4v) is 7.45. The molecular formula is C53H39FN9O2+. The van der Waals surface area contributed by atoms with E-state index in [-0.39, 0.29) is 18.3 Å². The van der Waals surface area contributed by atoms with Crippen molar-refractivity contribution in [1.82, 2.24) is 15.0 Å². The summed E-state index contributed by atoms with van der Waals surface area (Å²) in [5.74, 6) is 1.44. The Bertz CT molecular complexity index is 3260. The molecule has 0 atom stereocenters. The molecule has 0 aliphatic rings. The van der Waals surface area contributed by atoms with Crippen molar-refractivity contribution in [3.63, 3.8) is 0 Å². The fourth-order valence-electron chi connectivity index (χ4n) is 7.45. The Labute approximate surface area is 374 Å². The number of ether oxygens (including phenoxy) is 1. The molecule has 0 fully saturated rings. The van der Waals surface area contributed by atoms with Gasteiger partial charge in [0.2, 0.25) is 12.1 Å². The van der Waals surface area contributed by atoms with Gasteiger partial charge in [0.1, 0.15) is 30.3 Å². The Kier molecular flexibility index (Phi) is 12.1. The number of fused-ring (bicyclic) bond motifs is 2. The number of aromatic nitrogens is 4. The van der Waals surface area contributed by atoms with Crippen LogP contribution < -0.4 is 25.3 Å². The first-order valence-corrected chi connectivity index (χ1v) is 20.8. The molecule has 0 radical (unpaired) electrons. The number of amides is 1. The lowest BCUT2D eigenvalue weighted by Gasteiger charge is -2.13. The Morgan fingerprint density at radius 3 is 1.89 bits per heavy atom. The minimum absolute atomic E-state index is 0.0494. The van der Waals surface area contributed by atoms with Crippen LogP contribution in [0.4, 0.5) is 33.1 Å². The van der Waals surface area contributed by atoms with Crippen molar-refractivity contribution < 1.29 is 18.5 Å². The molecular weight excluding hydrogens is 814 g/mol. The van der Waals surface area contributed by atoms with Gasteiger partial charge in [-0.05, 0) is 124 Å². The van der Waals surface area contributed by atoms with Gasteiger partial charge >= 0.3 is 0 Å². The van der Waals surface area contributed by atoms with Crippen LogP contribution in [0.25, 0.3) is 44.1 Å². The molecule has 0 aliphatic carbocycles. The zero-order valence-corrected chi connectivity index (χ0v) is 34.9. The molecule has 314 valence electrons. The highest BCUT2D eigenvalue weighted by Gasteiger charge is 2.20. The van der Waals surface area contributed by atoms with Gasteiger partial charge in [-0.2, -0.15) is 10.5 Å². The predicted octanol–water partition coefficient (Wildman–Crippen LogP) is 10.8. The zero-order chi connectivity index (χ0) is 44.5. The molecule has 0 spiro atoms. The van der Waals surface area contributed by atoms with Crippen LogP contribution in [-0.2, 0) is 30.8 Å². The number of carbonyl (C=O) groups is 1. The monoisotopic (exact) mass is 852 g/mol. The fraction of sp³-hybridized carbons (Fsp3) is 0.0755. The number of nitriles is 2. The summed E-state index contributed by atoms with van der Waals surface area (Å²) in [4.78, 5) is 27.7. The highest BCUT2D eigenvalue weighted by Crippen LogP contribution is 2.32. The lowest BCUT2D eigenvalue weighted by Crippen LogP contribution is -2.42. The summed E-state index contributed by atoms with van der Waals surface area (Å²) in [6.45, 7) is 0.265. The second kappa shape index (κ2) is 18.9. The van der Waals surface area contributed by atoms with E-state index in [1.54, 1.807) is 23.0 Å². The third-order valence-electron chi connectivity index (χ3n) is 10.8. The van der Waals surface area contributed by atoms with Crippen molar-refractivity contribution >= 4 is 56.4 Å². The molecule has 12 heteroatoms. The minimum Gasteiger partial charge on any atom is -0.489 e. The normalized spacial score (nSPS) is 10.8. The van der Waals surface area contributed by atoms with Crippen molar-refractivity contribution in [2.24, 2.45) is 0 Å². The third kappa shape index (κ3) is 9.89. The van der Waals surface area contributed by atoms with Crippen molar-refractivity contribution in [2.75, 3.05) is 16.0 Å².